The van der Waals surface area contributed by atoms with Crippen LogP contribution in [0.2, 0.25) is 0 Å². The largest absolute Gasteiger partial charge is 0.490 e. The first-order chi connectivity index (χ1) is 24.6. The Morgan fingerprint density at radius 1 is 1.00 bits per heavy atom. The zero-order valence-electron chi connectivity index (χ0n) is 27.8. The molecule has 0 bridgehead atoms. The van der Waals surface area contributed by atoms with Crippen LogP contribution >= 0.6 is 35.2 Å². The second kappa shape index (κ2) is 17.9. The molecule has 0 aromatic carbocycles. The van der Waals surface area contributed by atoms with Gasteiger partial charge in [-0.1, -0.05) is 19.3 Å². The lowest BCUT2D eigenvalue weighted by molar-refractivity contribution is -0.121. The molecule has 0 aliphatic carbocycles. The third kappa shape index (κ3) is 11.9. The number of carbonyl (C=O) groups excluding carboxylic acids is 2. The van der Waals surface area contributed by atoms with Crippen LogP contribution in [-0.4, -0.2) is 111 Å². The number of phosphoric ester groups is 1. The Hall–Kier alpha value is -2.23. The Morgan fingerprint density at radius 3 is 2.54 bits per heavy atom. The van der Waals surface area contributed by atoms with E-state index in [1.54, 1.807) is 0 Å². The average molecular weight is 817 g/mol. The van der Waals surface area contributed by atoms with Crippen molar-refractivity contribution in [2.75, 3.05) is 30.8 Å². The van der Waals surface area contributed by atoms with Crippen LogP contribution in [-0.2, 0) is 36.4 Å². The van der Waals surface area contributed by atoms with Crippen LogP contribution in [0.15, 0.2) is 12.7 Å². The fraction of sp³-hybridized carbons (Fsp3) is 0.731. The standard InChI is InChI=1S/C26H43N8O14P3S/c35-17-11-21(46-18(17)12-45-50(41,42)48-51(43,44)47-49(38,39)40)34-15-31-23-24(29-14-30-25(23)34)28-10-6-2-1-5-9-27-20(36)8-4-3-7-19-22-16(13-52-19)32-26(37)33-22/h14-19,21-22,35H,1-13H2,(H,27,36)(H,41,42)(H,43,44)(H,28,29,30)(H2,32,33,37)(H2,38,39,40)/t16-,17-,18+,19-,21+,22-/m0/s1. The average Bonchev–Trinajstić information content (AvgIpc) is 3.81. The maximum absolute atomic E-state index is 12.2. The molecule has 52 heavy (non-hydrogen) atoms. The van der Waals surface area contributed by atoms with Gasteiger partial charge >= 0.3 is 29.5 Å². The number of aliphatic hydroxyl groups is 1. The lowest BCUT2D eigenvalue weighted by atomic mass is 10.0. The topological polar surface area (TPSA) is 315 Å². The monoisotopic (exact) mass is 816 g/mol. The number of aliphatic hydroxyl groups excluding tert-OH is 1. The van der Waals surface area contributed by atoms with Gasteiger partial charge in [0.25, 0.3) is 0 Å². The van der Waals surface area contributed by atoms with E-state index in [-0.39, 0.29) is 30.4 Å². The molecule has 9 N–H and O–H groups in total. The van der Waals surface area contributed by atoms with Crippen LogP contribution in [0, 0.1) is 0 Å². The van der Waals surface area contributed by atoms with Crippen LogP contribution in [0.25, 0.3) is 11.2 Å². The van der Waals surface area contributed by atoms with Crippen LogP contribution in [0.5, 0.6) is 0 Å². The van der Waals surface area contributed by atoms with Gasteiger partial charge in [0, 0.05) is 36.9 Å². The number of urea groups is 1. The number of carbonyl (C=O) groups is 2. The Bertz CT molecular complexity index is 1700. The van der Waals surface area contributed by atoms with Gasteiger partial charge in [-0.15, -0.1) is 0 Å². The van der Waals surface area contributed by atoms with Crippen molar-refractivity contribution < 1.29 is 65.8 Å². The Balaban J connectivity index is 0.959. The molecule has 3 saturated heterocycles. The van der Waals surface area contributed by atoms with Gasteiger partial charge in [-0.3, -0.25) is 13.9 Å². The number of phosphoric acid groups is 3. The molecule has 2 aromatic heterocycles. The number of hydrogen-bond acceptors (Lipinski definition) is 15. The van der Waals surface area contributed by atoms with E-state index >= 15 is 0 Å². The zero-order valence-corrected chi connectivity index (χ0v) is 31.3. The minimum Gasteiger partial charge on any atom is -0.390 e. The summed E-state index contributed by atoms with van der Waals surface area (Å²) in [6.45, 7) is 0.422. The number of hydrogen-bond donors (Lipinski definition) is 9. The molecule has 292 valence electrons. The van der Waals surface area contributed by atoms with Gasteiger partial charge in [-0.2, -0.15) is 20.4 Å². The van der Waals surface area contributed by atoms with Crippen LogP contribution in [0.1, 0.15) is 64.0 Å². The van der Waals surface area contributed by atoms with E-state index in [9.17, 15) is 38.2 Å². The summed E-state index contributed by atoms with van der Waals surface area (Å²) in [5.41, 5.74) is 0.818. The molecule has 26 heteroatoms. The summed E-state index contributed by atoms with van der Waals surface area (Å²) >= 11 is 1.88. The van der Waals surface area contributed by atoms with Gasteiger partial charge in [-0.25, -0.2) is 33.4 Å². The van der Waals surface area contributed by atoms with Crippen LogP contribution in [0.3, 0.4) is 0 Å². The second-order valence-corrected chi connectivity index (χ2v) is 18.1. The third-order valence-corrected chi connectivity index (χ3v) is 13.8. The number of thioether (sulfide) groups is 1. The van der Waals surface area contributed by atoms with E-state index in [2.05, 4.69) is 49.4 Å². The maximum Gasteiger partial charge on any atom is 0.490 e. The summed E-state index contributed by atoms with van der Waals surface area (Å²) in [5, 5.41) is 23.0. The molecular formula is C26H43N8O14P3S. The highest BCUT2D eigenvalue weighted by Gasteiger charge is 2.44. The smallest absolute Gasteiger partial charge is 0.390 e. The molecule has 3 aliphatic heterocycles. The number of anilines is 1. The summed E-state index contributed by atoms with van der Waals surface area (Å²) in [6, 6.07) is 0.314. The Kier molecular flexibility index (Phi) is 14.1. The summed E-state index contributed by atoms with van der Waals surface area (Å²) in [5.74, 6) is 1.46. The number of rotatable bonds is 21. The van der Waals surface area contributed by atoms with Crippen molar-refractivity contribution in [3.63, 3.8) is 0 Å². The quantitative estimate of drug-likeness (QED) is 0.0491. The van der Waals surface area contributed by atoms with Crippen LogP contribution in [0.4, 0.5) is 10.6 Å². The van der Waals surface area contributed by atoms with Crippen molar-refractivity contribution in [1.29, 1.82) is 0 Å². The summed E-state index contributed by atoms with van der Waals surface area (Å²) < 4.78 is 53.6. The highest BCUT2D eigenvalue weighted by Crippen LogP contribution is 2.66. The Labute approximate surface area is 302 Å². The summed E-state index contributed by atoms with van der Waals surface area (Å²) in [7, 11) is -16.6. The molecule has 5 heterocycles. The maximum atomic E-state index is 12.2. The number of ether oxygens (including phenoxy) is 1. The van der Waals surface area contributed by atoms with Crippen molar-refractivity contribution in [3.8, 4) is 0 Å². The fourth-order valence-corrected chi connectivity index (χ4v) is 10.7. The summed E-state index contributed by atoms with van der Waals surface area (Å²) in [4.78, 5) is 72.9. The van der Waals surface area contributed by atoms with E-state index in [0.29, 0.717) is 41.7 Å². The first-order valence-electron chi connectivity index (χ1n) is 16.6. The normalized spacial score (nSPS) is 26.8. The molecule has 3 fully saturated rings. The number of nitrogens with one attached hydrogen (secondary N) is 4. The van der Waals surface area contributed by atoms with E-state index in [1.165, 1.54) is 17.2 Å². The third-order valence-electron chi connectivity index (χ3n) is 8.49. The first kappa shape index (κ1) is 40.9. The van der Waals surface area contributed by atoms with Gasteiger partial charge < -0.3 is 50.7 Å². The number of fused-ring (bicyclic) bond motifs is 2. The first-order valence-corrected chi connectivity index (χ1v) is 22.1. The van der Waals surface area contributed by atoms with E-state index in [0.717, 1.165) is 50.7 Å². The molecule has 3 amide bonds. The van der Waals surface area contributed by atoms with E-state index in [1.807, 2.05) is 11.8 Å². The Morgan fingerprint density at radius 2 is 1.77 bits per heavy atom. The molecule has 3 aliphatic rings. The minimum absolute atomic E-state index is 0.0104. The lowest BCUT2D eigenvalue weighted by Crippen LogP contribution is -2.36. The second-order valence-electron chi connectivity index (χ2n) is 12.4. The van der Waals surface area contributed by atoms with Crippen molar-refractivity contribution in [2.45, 2.75) is 93.6 Å². The highest BCUT2D eigenvalue weighted by atomic mass is 32.2. The van der Waals surface area contributed by atoms with Crippen LogP contribution < -0.4 is 21.3 Å². The zero-order chi connectivity index (χ0) is 37.5. The molecule has 2 aromatic rings. The number of amides is 3. The molecule has 2 unspecified atom stereocenters. The van der Waals surface area contributed by atoms with Crippen molar-refractivity contribution in [1.82, 2.24) is 35.5 Å². The van der Waals surface area contributed by atoms with Gasteiger partial charge in [0.1, 0.15) is 18.7 Å². The number of unbranched alkanes of at least 4 members (excludes halogenated alkanes) is 4. The molecular weight excluding hydrogens is 773 g/mol. The van der Waals surface area contributed by atoms with E-state index < -0.39 is 48.5 Å². The molecule has 5 rings (SSSR count). The molecule has 8 atom stereocenters. The number of imidazole rings is 1. The van der Waals surface area contributed by atoms with E-state index in [4.69, 9.17) is 14.5 Å². The predicted molar refractivity (Wildman–Crippen MR) is 184 cm³/mol. The van der Waals surface area contributed by atoms with Gasteiger partial charge in [0.15, 0.2) is 17.0 Å². The number of nitrogens with zero attached hydrogens (tertiary/aromatic N) is 4. The fourth-order valence-electron chi connectivity index (χ4n) is 6.10. The molecule has 0 spiro atoms. The summed E-state index contributed by atoms with van der Waals surface area (Å²) in [6.07, 6.45) is 6.27. The highest BCUT2D eigenvalue weighted by molar-refractivity contribution is 8.00. The SMILES string of the molecule is O=C(CCCC[C@@H]1SC[C@@H]2NC(=O)N[C@@H]21)NCCCCCCNc1ncnc2c1ncn2[C@H]1C[C@H](O)[C@@H](COP(=O)(O)OP(=O)(O)OP(=O)(O)O)O1. The van der Waals surface area contributed by atoms with Crippen molar-refractivity contribution >= 4 is 64.2 Å². The molecule has 0 saturated carbocycles. The lowest BCUT2D eigenvalue weighted by Gasteiger charge is -2.19. The number of aromatic nitrogens is 4. The van der Waals surface area contributed by atoms with Crippen molar-refractivity contribution in [2.24, 2.45) is 0 Å². The molecule has 0 radical (unpaired) electrons. The molecule has 22 nitrogen and oxygen atoms in total. The van der Waals surface area contributed by atoms with Gasteiger partial charge in [0.05, 0.1) is 31.1 Å². The predicted octanol–water partition coefficient (Wildman–Crippen LogP) is 1.63. The van der Waals surface area contributed by atoms with Crippen molar-refractivity contribution in [3.05, 3.63) is 12.7 Å². The minimum atomic E-state index is -5.69. The van der Waals surface area contributed by atoms with Gasteiger partial charge in [-0.05, 0) is 25.7 Å². The van der Waals surface area contributed by atoms with Gasteiger partial charge in [0.2, 0.25) is 5.91 Å².